The molecule has 76 valence electrons. The largest absolute Gasteiger partial charge is 0.265 e. The van der Waals surface area contributed by atoms with E-state index in [-0.39, 0.29) is 6.17 Å². The summed E-state index contributed by atoms with van der Waals surface area (Å²) in [7, 11) is 0. The quantitative estimate of drug-likeness (QED) is 0.724. The van der Waals surface area contributed by atoms with Crippen molar-refractivity contribution in [2.75, 3.05) is 0 Å². The summed E-state index contributed by atoms with van der Waals surface area (Å²) >= 11 is 0. The van der Waals surface area contributed by atoms with Crippen LogP contribution in [0.4, 0.5) is 0 Å². The van der Waals surface area contributed by atoms with Crippen LogP contribution in [-0.4, -0.2) is 17.0 Å². The lowest BCUT2D eigenvalue weighted by molar-refractivity contribution is 0.363. The van der Waals surface area contributed by atoms with Gasteiger partial charge in [0.25, 0.3) is 0 Å². The highest BCUT2D eigenvalue weighted by molar-refractivity contribution is 6.00. The van der Waals surface area contributed by atoms with Crippen LogP contribution in [0.5, 0.6) is 0 Å². The van der Waals surface area contributed by atoms with Crippen LogP contribution < -0.4 is 5.43 Å². The Hall–Kier alpha value is -1.09. The third kappa shape index (κ3) is 1.60. The van der Waals surface area contributed by atoms with Crippen molar-refractivity contribution in [2.24, 2.45) is 4.99 Å². The van der Waals surface area contributed by atoms with Gasteiger partial charge < -0.3 is 0 Å². The Morgan fingerprint density at radius 3 is 3.00 bits per heavy atom. The van der Waals surface area contributed by atoms with Gasteiger partial charge in [-0.25, -0.2) is 10.4 Å². The molecule has 1 N–H and O–H groups in total. The number of hydrogen-bond donors (Lipinski definition) is 1. The highest BCUT2D eigenvalue weighted by Crippen LogP contribution is 2.20. The maximum absolute atomic E-state index is 4.63. The highest BCUT2D eigenvalue weighted by Gasteiger charge is 2.25. The Balaban J connectivity index is 2.19. The van der Waals surface area contributed by atoms with Crippen molar-refractivity contribution in [1.82, 2.24) is 10.4 Å². The van der Waals surface area contributed by atoms with Gasteiger partial charge in [0.1, 0.15) is 12.0 Å². The fraction of sp³-hybridized carbons (Fsp3) is 0.545. The predicted octanol–water partition coefficient (Wildman–Crippen LogP) is 2.20. The molecule has 2 heterocycles. The second kappa shape index (κ2) is 3.58. The minimum atomic E-state index is 0.264. The lowest BCUT2D eigenvalue weighted by atomic mass is 10.1. The van der Waals surface area contributed by atoms with Gasteiger partial charge in [-0.1, -0.05) is 19.4 Å². The van der Waals surface area contributed by atoms with Crippen LogP contribution in [0, 0.1) is 0 Å². The first-order chi connectivity index (χ1) is 6.70. The summed E-state index contributed by atoms with van der Waals surface area (Å²) in [5.41, 5.74) is 5.88. The van der Waals surface area contributed by atoms with Gasteiger partial charge in [0, 0.05) is 6.20 Å². The van der Waals surface area contributed by atoms with E-state index in [1.165, 1.54) is 11.1 Å². The van der Waals surface area contributed by atoms with E-state index in [4.69, 9.17) is 0 Å². The molecule has 0 radical (unpaired) electrons. The van der Waals surface area contributed by atoms with Gasteiger partial charge in [-0.3, -0.25) is 5.01 Å². The first-order valence-corrected chi connectivity index (χ1v) is 5.21. The average Bonchev–Trinajstić information content (AvgIpc) is 2.48. The van der Waals surface area contributed by atoms with Crippen LogP contribution in [0.3, 0.4) is 0 Å². The van der Waals surface area contributed by atoms with E-state index in [1.54, 1.807) is 0 Å². The third-order valence-corrected chi connectivity index (χ3v) is 2.49. The number of rotatable bonds is 2. The van der Waals surface area contributed by atoms with Crippen LogP contribution in [0.1, 0.15) is 33.6 Å². The lowest BCUT2D eigenvalue weighted by Crippen LogP contribution is -2.38. The Bertz CT molecular complexity index is 325. The van der Waals surface area contributed by atoms with Crippen molar-refractivity contribution >= 4 is 5.84 Å². The molecule has 0 spiro atoms. The van der Waals surface area contributed by atoms with Crippen molar-refractivity contribution in [3.63, 3.8) is 0 Å². The first-order valence-electron chi connectivity index (χ1n) is 5.21. The number of nitrogens with one attached hydrogen (secondary N) is 1. The van der Waals surface area contributed by atoms with Crippen molar-refractivity contribution in [2.45, 2.75) is 39.8 Å². The zero-order chi connectivity index (χ0) is 10.1. The number of hydrogen-bond acceptors (Lipinski definition) is 3. The van der Waals surface area contributed by atoms with Crippen LogP contribution in [0.25, 0.3) is 0 Å². The summed E-state index contributed by atoms with van der Waals surface area (Å²) in [4.78, 5) is 4.63. The summed E-state index contributed by atoms with van der Waals surface area (Å²) in [5.74, 6) is 1.08. The Kier molecular flexibility index (Phi) is 2.42. The summed E-state index contributed by atoms with van der Waals surface area (Å²) < 4.78 is 0. The SMILES string of the molecule is CCCC1N=C2C(C)=CC(C)=CN2N1. The number of nitrogens with zero attached hydrogens (tertiary/aromatic N) is 2. The normalized spacial score (nSPS) is 25.5. The summed E-state index contributed by atoms with van der Waals surface area (Å²) in [5, 5.41) is 2.05. The van der Waals surface area contributed by atoms with E-state index >= 15 is 0 Å². The zero-order valence-electron chi connectivity index (χ0n) is 9.04. The molecule has 0 aromatic carbocycles. The van der Waals surface area contributed by atoms with Gasteiger partial charge >= 0.3 is 0 Å². The van der Waals surface area contributed by atoms with E-state index in [2.05, 4.69) is 43.5 Å². The van der Waals surface area contributed by atoms with Gasteiger partial charge in [0.15, 0.2) is 0 Å². The molecule has 2 rings (SSSR count). The Labute approximate surface area is 85.2 Å². The zero-order valence-corrected chi connectivity index (χ0v) is 9.04. The fourth-order valence-corrected chi connectivity index (χ4v) is 1.90. The van der Waals surface area contributed by atoms with Crippen LogP contribution in [0.15, 0.2) is 28.4 Å². The number of fused-ring (bicyclic) bond motifs is 1. The molecule has 0 amide bonds. The molecule has 2 aliphatic heterocycles. The van der Waals surface area contributed by atoms with Crippen molar-refractivity contribution in [3.05, 3.63) is 23.4 Å². The summed E-state index contributed by atoms with van der Waals surface area (Å²) in [6, 6.07) is 0. The minimum absolute atomic E-state index is 0.264. The molecule has 2 aliphatic rings. The highest BCUT2D eigenvalue weighted by atomic mass is 15.6. The summed E-state index contributed by atoms with van der Waals surface area (Å²) in [6.45, 7) is 6.40. The number of amidine groups is 1. The molecule has 0 aliphatic carbocycles. The summed E-state index contributed by atoms with van der Waals surface area (Å²) in [6.07, 6.45) is 6.79. The van der Waals surface area contributed by atoms with E-state index in [0.717, 1.165) is 18.7 Å². The molecule has 0 aromatic rings. The van der Waals surface area contributed by atoms with Crippen LogP contribution in [0.2, 0.25) is 0 Å². The Morgan fingerprint density at radius 1 is 1.50 bits per heavy atom. The fourth-order valence-electron chi connectivity index (χ4n) is 1.90. The molecule has 1 atom stereocenters. The minimum Gasteiger partial charge on any atom is -0.265 e. The Morgan fingerprint density at radius 2 is 2.29 bits per heavy atom. The molecule has 0 aromatic heterocycles. The van der Waals surface area contributed by atoms with Crippen LogP contribution >= 0.6 is 0 Å². The van der Waals surface area contributed by atoms with E-state index < -0.39 is 0 Å². The molecule has 0 bridgehead atoms. The standard InChI is InChI=1S/C11H17N3/c1-4-5-10-12-11-9(3)6-8(2)7-14(11)13-10/h6-7,10,13H,4-5H2,1-3H3. The van der Waals surface area contributed by atoms with Crippen molar-refractivity contribution in [3.8, 4) is 0 Å². The second-order valence-corrected chi connectivity index (χ2v) is 3.96. The second-order valence-electron chi connectivity index (χ2n) is 3.96. The van der Waals surface area contributed by atoms with Gasteiger partial charge in [-0.2, -0.15) is 0 Å². The molecule has 0 saturated carbocycles. The van der Waals surface area contributed by atoms with E-state index in [9.17, 15) is 0 Å². The molecule has 1 unspecified atom stereocenters. The van der Waals surface area contributed by atoms with Crippen molar-refractivity contribution < 1.29 is 0 Å². The van der Waals surface area contributed by atoms with Gasteiger partial charge in [-0.05, 0) is 31.4 Å². The smallest absolute Gasteiger partial charge is 0.146 e. The lowest BCUT2D eigenvalue weighted by Gasteiger charge is -2.21. The van der Waals surface area contributed by atoms with Gasteiger partial charge in [-0.15, -0.1) is 0 Å². The molecule has 0 fully saturated rings. The maximum atomic E-state index is 4.63. The molecule has 0 saturated heterocycles. The monoisotopic (exact) mass is 191 g/mol. The van der Waals surface area contributed by atoms with Crippen LogP contribution in [-0.2, 0) is 0 Å². The van der Waals surface area contributed by atoms with Crippen molar-refractivity contribution in [1.29, 1.82) is 0 Å². The van der Waals surface area contributed by atoms with E-state index in [1.807, 2.05) is 5.01 Å². The number of hydrazine groups is 1. The topological polar surface area (TPSA) is 27.6 Å². The third-order valence-electron chi connectivity index (χ3n) is 2.49. The number of aliphatic imine (C=N–C) groups is 1. The molecule has 3 heteroatoms. The number of allylic oxidation sites excluding steroid dienone is 2. The van der Waals surface area contributed by atoms with E-state index in [0.29, 0.717) is 0 Å². The van der Waals surface area contributed by atoms with Gasteiger partial charge in [0.05, 0.1) is 0 Å². The first kappa shape index (κ1) is 9.46. The molecule has 3 nitrogen and oxygen atoms in total. The average molecular weight is 191 g/mol. The molecule has 14 heavy (non-hydrogen) atoms. The predicted molar refractivity (Wildman–Crippen MR) is 58.6 cm³/mol. The molecular weight excluding hydrogens is 174 g/mol. The molecular formula is C11H17N3. The van der Waals surface area contributed by atoms with Gasteiger partial charge in [0.2, 0.25) is 0 Å². The maximum Gasteiger partial charge on any atom is 0.146 e.